The average Bonchev–Trinajstić information content (AvgIpc) is 2.26. The molecule has 1 atom stereocenters. The van der Waals surface area contributed by atoms with Gasteiger partial charge in [-0.25, -0.2) is 0 Å². The Hall–Kier alpha value is -1.10. The van der Waals surface area contributed by atoms with Crippen molar-refractivity contribution in [2.24, 2.45) is 0 Å². The molecule has 0 aromatic carbocycles. The summed E-state index contributed by atoms with van der Waals surface area (Å²) in [5.41, 5.74) is 0.122. The molecule has 0 saturated carbocycles. The van der Waals surface area contributed by atoms with Crippen LogP contribution >= 0.6 is 15.9 Å². The Labute approximate surface area is 103 Å². The summed E-state index contributed by atoms with van der Waals surface area (Å²) in [7, 11) is 0. The van der Waals surface area contributed by atoms with Crippen molar-refractivity contribution < 1.29 is 4.79 Å². The first-order valence-corrected chi connectivity index (χ1v) is 6.16. The number of nitrogens with one attached hydrogen (secondary N) is 2. The number of alkyl halides is 1. The van der Waals surface area contributed by atoms with Crippen LogP contribution < -0.4 is 10.9 Å². The summed E-state index contributed by atoms with van der Waals surface area (Å²) in [6.45, 7) is 2.66. The Morgan fingerprint density at radius 2 is 2.38 bits per heavy atom. The van der Waals surface area contributed by atoms with Gasteiger partial charge in [-0.3, -0.25) is 9.59 Å². The number of hydrogen-bond donors (Lipinski definition) is 2. The van der Waals surface area contributed by atoms with Gasteiger partial charge < -0.3 is 10.3 Å². The minimum Gasteiger partial charge on any atom is -0.351 e. The molecule has 1 aromatic rings. The van der Waals surface area contributed by atoms with Crippen molar-refractivity contribution in [1.29, 1.82) is 0 Å². The Morgan fingerprint density at radius 3 is 3.00 bits per heavy atom. The van der Waals surface area contributed by atoms with Gasteiger partial charge in [0.25, 0.3) is 5.91 Å². The molecule has 0 bridgehead atoms. The van der Waals surface area contributed by atoms with E-state index in [1.54, 1.807) is 6.07 Å². The number of hydrogen-bond acceptors (Lipinski definition) is 2. The molecule has 0 saturated heterocycles. The van der Waals surface area contributed by atoms with E-state index in [9.17, 15) is 9.59 Å². The lowest BCUT2D eigenvalue weighted by Crippen LogP contribution is -2.30. The summed E-state index contributed by atoms with van der Waals surface area (Å²) < 4.78 is 0. The summed E-state index contributed by atoms with van der Waals surface area (Å²) in [4.78, 5) is 25.4. The van der Waals surface area contributed by atoms with Crippen LogP contribution in [0.3, 0.4) is 0 Å². The lowest BCUT2D eigenvalue weighted by molar-refractivity contribution is 0.0953. The molecular weight excluding hydrogens is 272 g/mol. The van der Waals surface area contributed by atoms with Crippen molar-refractivity contribution in [3.8, 4) is 0 Å². The first-order valence-electron chi connectivity index (χ1n) is 5.24. The van der Waals surface area contributed by atoms with Crippen LogP contribution in [0.25, 0.3) is 0 Å². The standard InChI is InChI=1S/C11H15BrN2O2/c1-2-3-9(12)7-14-11(16)8-4-5-13-10(15)6-8/h4-6,9H,2-3,7H2,1H3,(H,13,15)(H,14,16). The number of aromatic nitrogens is 1. The fourth-order valence-electron chi connectivity index (χ4n) is 1.31. The van der Waals surface area contributed by atoms with Gasteiger partial charge in [-0.05, 0) is 12.5 Å². The van der Waals surface area contributed by atoms with Gasteiger partial charge in [0.2, 0.25) is 5.56 Å². The van der Waals surface area contributed by atoms with Gasteiger partial charge in [-0.2, -0.15) is 0 Å². The van der Waals surface area contributed by atoms with Gasteiger partial charge in [-0.15, -0.1) is 0 Å². The van der Waals surface area contributed by atoms with Crippen molar-refractivity contribution in [1.82, 2.24) is 10.3 Å². The summed E-state index contributed by atoms with van der Waals surface area (Å²) in [6, 6.07) is 2.87. The van der Waals surface area contributed by atoms with E-state index >= 15 is 0 Å². The third-order valence-corrected chi connectivity index (χ3v) is 2.90. The molecule has 0 fully saturated rings. The first-order chi connectivity index (χ1) is 7.63. The number of aromatic amines is 1. The van der Waals surface area contributed by atoms with E-state index in [4.69, 9.17) is 0 Å². The van der Waals surface area contributed by atoms with Crippen molar-refractivity contribution >= 4 is 21.8 Å². The molecule has 0 aliphatic carbocycles. The molecule has 5 heteroatoms. The molecule has 16 heavy (non-hydrogen) atoms. The van der Waals surface area contributed by atoms with E-state index in [-0.39, 0.29) is 16.3 Å². The maximum Gasteiger partial charge on any atom is 0.251 e. The van der Waals surface area contributed by atoms with Crippen molar-refractivity contribution in [3.05, 3.63) is 34.2 Å². The third-order valence-electron chi connectivity index (χ3n) is 2.12. The zero-order valence-electron chi connectivity index (χ0n) is 9.13. The minimum absolute atomic E-state index is 0.216. The van der Waals surface area contributed by atoms with Crippen LogP contribution in [0.2, 0.25) is 0 Å². The van der Waals surface area contributed by atoms with Crippen molar-refractivity contribution in [3.63, 3.8) is 0 Å². The van der Waals surface area contributed by atoms with Crippen molar-refractivity contribution in [2.75, 3.05) is 6.54 Å². The third kappa shape index (κ3) is 4.18. The van der Waals surface area contributed by atoms with Crippen LogP contribution in [0.1, 0.15) is 30.1 Å². The van der Waals surface area contributed by atoms with Crippen LogP contribution in [-0.2, 0) is 0 Å². The zero-order valence-corrected chi connectivity index (χ0v) is 10.7. The number of rotatable bonds is 5. The molecule has 0 spiro atoms. The second-order valence-corrected chi connectivity index (χ2v) is 4.83. The highest BCUT2D eigenvalue weighted by Gasteiger charge is 2.08. The highest BCUT2D eigenvalue weighted by molar-refractivity contribution is 9.09. The first kappa shape index (κ1) is 13.0. The monoisotopic (exact) mass is 286 g/mol. The molecule has 88 valence electrons. The molecule has 0 radical (unpaired) electrons. The van der Waals surface area contributed by atoms with Gasteiger partial charge >= 0.3 is 0 Å². The largest absolute Gasteiger partial charge is 0.351 e. The second-order valence-electron chi connectivity index (χ2n) is 3.54. The summed E-state index contributed by atoms with van der Waals surface area (Å²) in [5.74, 6) is -0.216. The van der Waals surface area contributed by atoms with E-state index in [1.807, 2.05) is 0 Å². The molecule has 1 heterocycles. The van der Waals surface area contributed by atoms with Gasteiger partial charge in [0.1, 0.15) is 0 Å². The number of amides is 1. The fourth-order valence-corrected chi connectivity index (χ4v) is 1.93. The van der Waals surface area contributed by atoms with Gasteiger partial charge in [-0.1, -0.05) is 29.3 Å². The SMILES string of the molecule is CCCC(Br)CNC(=O)c1cc[nH]c(=O)c1. The predicted octanol–water partition coefficient (Wildman–Crippen LogP) is 1.67. The molecular formula is C11H15BrN2O2. The van der Waals surface area contributed by atoms with Crippen LogP contribution in [0, 0.1) is 0 Å². The molecule has 0 aliphatic rings. The summed E-state index contributed by atoms with van der Waals surface area (Å²) in [5, 5.41) is 2.77. The minimum atomic E-state index is -0.267. The molecule has 4 nitrogen and oxygen atoms in total. The fraction of sp³-hybridized carbons (Fsp3) is 0.455. The molecule has 0 aliphatic heterocycles. The van der Waals surface area contributed by atoms with Gasteiger partial charge in [0, 0.05) is 29.2 Å². The number of carbonyl (C=O) groups excluding carboxylic acids is 1. The maximum absolute atomic E-state index is 11.6. The Morgan fingerprint density at radius 1 is 1.62 bits per heavy atom. The average molecular weight is 287 g/mol. The van der Waals surface area contributed by atoms with E-state index in [0.29, 0.717) is 12.1 Å². The molecule has 1 amide bonds. The zero-order chi connectivity index (χ0) is 12.0. The highest BCUT2D eigenvalue weighted by Crippen LogP contribution is 2.06. The Bertz CT molecular complexity index is 403. The van der Waals surface area contributed by atoms with Crippen LogP contribution in [-0.4, -0.2) is 22.3 Å². The number of carbonyl (C=O) groups is 1. The quantitative estimate of drug-likeness (QED) is 0.809. The Balaban J connectivity index is 2.50. The molecule has 1 aromatic heterocycles. The second kappa shape index (κ2) is 6.48. The van der Waals surface area contributed by atoms with E-state index < -0.39 is 0 Å². The lowest BCUT2D eigenvalue weighted by atomic mass is 10.2. The number of H-pyrrole nitrogens is 1. The van der Waals surface area contributed by atoms with Crippen LogP contribution in [0.5, 0.6) is 0 Å². The van der Waals surface area contributed by atoms with E-state index in [0.717, 1.165) is 12.8 Å². The van der Waals surface area contributed by atoms with Crippen molar-refractivity contribution in [2.45, 2.75) is 24.6 Å². The van der Waals surface area contributed by atoms with E-state index in [1.165, 1.54) is 12.3 Å². The summed E-state index contributed by atoms with van der Waals surface area (Å²) in [6.07, 6.45) is 3.54. The molecule has 1 rings (SSSR count). The highest BCUT2D eigenvalue weighted by atomic mass is 79.9. The van der Waals surface area contributed by atoms with Gasteiger partial charge in [0.15, 0.2) is 0 Å². The number of halogens is 1. The molecule has 1 unspecified atom stereocenters. The number of pyridine rings is 1. The normalized spacial score (nSPS) is 12.1. The maximum atomic E-state index is 11.6. The predicted molar refractivity (Wildman–Crippen MR) is 67.0 cm³/mol. The van der Waals surface area contributed by atoms with E-state index in [2.05, 4.69) is 33.2 Å². The lowest BCUT2D eigenvalue weighted by Gasteiger charge is -2.09. The smallest absolute Gasteiger partial charge is 0.251 e. The van der Waals surface area contributed by atoms with Crippen LogP contribution in [0.4, 0.5) is 0 Å². The topological polar surface area (TPSA) is 62.0 Å². The van der Waals surface area contributed by atoms with Crippen LogP contribution in [0.15, 0.2) is 23.1 Å². The Kier molecular flexibility index (Phi) is 5.25. The molecule has 2 N–H and O–H groups in total. The van der Waals surface area contributed by atoms with Gasteiger partial charge in [0.05, 0.1) is 0 Å². The summed E-state index contributed by atoms with van der Waals surface area (Å²) >= 11 is 3.47.